The van der Waals surface area contributed by atoms with Crippen LogP contribution in [0.2, 0.25) is 10.0 Å². The Morgan fingerprint density at radius 1 is 0.971 bits per heavy atom. The second-order valence-electron chi connectivity index (χ2n) is 7.59. The molecular weight excluding hydrogens is 489 g/mol. The third kappa shape index (κ3) is 8.02. The summed E-state index contributed by atoms with van der Waals surface area (Å²) in [5, 5.41) is 7.82. The van der Waals surface area contributed by atoms with E-state index in [4.69, 9.17) is 32.7 Å². The Balaban J connectivity index is 1.48. The van der Waals surface area contributed by atoms with Crippen LogP contribution < -0.4 is 20.2 Å². The molecular formula is C26H25Cl2N3O4. The summed E-state index contributed by atoms with van der Waals surface area (Å²) < 4.78 is 11.2. The molecule has 0 saturated carbocycles. The molecule has 0 saturated heterocycles. The van der Waals surface area contributed by atoms with Gasteiger partial charge in [0.15, 0.2) is 11.5 Å². The van der Waals surface area contributed by atoms with Crippen LogP contribution in [0.25, 0.3) is 0 Å². The Morgan fingerprint density at radius 2 is 1.74 bits per heavy atom. The summed E-state index contributed by atoms with van der Waals surface area (Å²) in [6.07, 6.45) is 1.54. The quantitative estimate of drug-likeness (QED) is 0.266. The van der Waals surface area contributed by atoms with Crippen LogP contribution in [0.15, 0.2) is 65.8 Å². The van der Waals surface area contributed by atoms with Crippen LogP contribution in [-0.2, 0) is 16.2 Å². The number of hydrogen-bond acceptors (Lipinski definition) is 5. The molecule has 0 aliphatic rings. The zero-order valence-electron chi connectivity index (χ0n) is 19.3. The number of carbonyl (C=O) groups excluding carboxylic acids is 2. The summed E-state index contributed by atoms with van der Waals surface area (Å²) in [5.74, 6) is 0.421. The number of nitrogens with one attached hydrogen (secondary N) is 2. The van der Waals surface area contributed by atoms with E-state index < -0.39 is 0 Å². The van der Waals surface area contributed by atoms with Crippen molar-refractivity contribution in [3.8, 4) is 11.5 Å². The number of methoxy groups -OCH3 is 1. The first-order valence-electron chi connectivity index (χ1n) is 10.8. The first-order valence-corrected chi connectivity index (χ1v) is 11.5. The topological polar surface area (TPSA) is 89.0 Å². The van der Waals surface area contributed by atoms with Crippen molar-refractivity contribution in [3.05, 3.63) is 87.4 Å². The van der Waals surface area contributed by atoms with Gasteiger partial charge >= 0.3 is 0 Å². The maximum Gasteiger partial charge on any atom is 0.240 e. The third-order valence-corrected chi connectivity index (χ3v) is 5.57. The fraction of sp³-hybridized carbons (Fsp3) is 0.192. The highest BCUT2D eigenvalue weighted by Crippen LogP contribution is 2.29. The number of benzene rings is 3. The monoisotopic (exact) mass is 513 g/mol. The van der Waals surface area contributed by atoms with E-state index in [9.17, 15) is 9.59 Å². The van der Waals surface area contributed by atoms with Crippen molar-refractivity contribution in [2.24, 2.45) is 5.10 Å². The van der Waals surface area contributed by atoms with Crippen molar-refractivity contribution < 1.29 is 19.1 Å². The number of anilines is 1. The number of halogens is 2. The number of hydrogen-bond donors (Lipinski definition) is 2. The minimum Gasteiger partial charge on any atom is -0.493 e. The number of rotatable bonds is 10. The number of ether oxygens (including phenoxy) is 2. The number of carbonyl (C=O) groups is 2. The summed E-state index contributed by atoms with van der Waals surface area (Å²) in [5.41, 5.74) is 5.59. The maximum absolute atomic E-state index is 12.1. The molecule has 3 aromatic carbocycles. The number of nitrogens with zero attached hydrogens (tertiary/aromatic N) is 1. The second kappa shape index (κ2) is 12.8. The van der Waals surface area contributed by atoms with Crippen molar-refractivity contribution in [3.63, 3.8) is 0 Å². The molecule has 2 N–H and O–H groups in total. The highest BCUT2D eigenvalue weighted by Gasteiger charge is 2.09. The minimum atomic E-state index is -0.368. The highest BCUT2D eigenvalue weighted by molar-refractivity contribution is 6.35. The molecule has 0 aliphatic carbocycles. The SMILES string of the molecule is COc1cc(C=NNC(=O)CCC(=O)Nc2ccccc2C)ccc1OCc1ccc(Cl)cc1Cl. The van der Waals surface area contributed by atoms with E-state index >= 15 is 0 Å². The molecule has 0 aromatic heterocycles. The van der Waals surface area contributed by atoms with E-state index in [2.05, 4.69) is 15.8 Å². The molecule has 7 nitrogen and oxygen atoms in total. The molecule has 2 amide bonds. The molecule has 0 aliphatic heterocycles. The molecule has 3 rings (SSSR count). The van der Waals surface area contributed by atoms with Gasteiger partial charge in [-0.3, -0.25) is 9.59 Å². The molecule has 9 heteroatoms. The van der Waals surface area contributed by atoms with Crippen LogP contribution >= 0.6 is 23.2 Å². The first kappa shape index (κ1) is 26.1. The molecule has 0 heterocycles. The molecule has 0 radical (unpaired) electrons. The average molecular weight is 514 g/mol. The fourth-order valence-electron chi connectivity index (χ4n) is 3.07. The van der Waals surface area contributed by atoms with Crippen LogP contribution in [0.3, 0.4) is 0 Å². The molecule has 0 fully saturated rings. The Hall–Kier alpha value is -3.55. The van der Waals surface area contributed by atoms with Gasteiger partial charge in [0.25, 0.3) is 0 Å². The molecule has 0 bridgehead atoms. The van der Waals surface area contributed by atoms with Gasteiger partial charge in [-0.1, -0.05) is 47.5 Å². The summed E-state index contributed by atoms with van der Waals surface area (Å²) in [4.78, 5) is 24.1. The highest BCUT2D eigenvalue weighted by atomic mass is 35.5. The predicted molar refractivity (Wildman–Crippen MR) is 139 cm³/mol. The van der Waals surface area contributed by atoms with Gasteiger partial charge < -0.3 is 14.8 Å². The molecule has 0 unspecified atom stereocenters. The Morgan fingerprint density at radius 3 is 2.49 bits per heavy atom. The molecule has 35 heavy (non-hydrogen) atoms. The number of para-hydroxylation sites is 1. The fourth-order valence-corrected chi connectivity index (χ4v) is 3.53. The third-order valence-electron chi connectivity index (χ3n) is 4.99. The van der Waals surface area contributed by atoms with Gasteiger partial charge in [-0.2, -0.15) is 5.10 Å². The smallest absolute Gasteiger partial charge is 0.240 e. The lowest BCUT2D eigenvalue weighted by Gasteiger charge is -2.12. The average Bonchev–Trinajstić information content (AvgIpc) is 2.84. The van der Waals surface area contributed by atoms with Gasteiger partial charge in [-0.25, -0.2) is 5.43 Å². The van der Waals surface area contributed by atoms with E-state index in [1.807, 2.05) is 31.2 Å². The van der Waals surface area contributed by atoms with Crippen molar-refractivity contribution in [1.82, 2.24) is 5.43 Å². The van der Waals surface area contributed by atoms with Crippen molar-refractivity contribution in [2.75, 3.05) is 12.4 Å². The summed E-state index contributed by atoms with van der Waals surface area (Å²) in [6, 6.07) is 17.9. The first-order chi connectivity index (χ1) is 16.9. The summed E-state index contributed by atoms with van der Waals surface area (Å²) >= 11 is 12.1. The largest absolute Gasteiger partial charge is 0.493 e. The standard InChI is InChI=1S/C26H25Cl2N3O4/c1-17-5-3-4-6-22(17)30-25(32)11-12-26(33)31-29-15-18-7-10-23(24(13-18)34-2)35-16-19-8-9-20(27)14-21(19)28/h3-10,13-15H,11-12,16H2,1-2H3,(H,30,32)(H,31,33). The zero-order valence-corrected chi connectivity index (χ0v) is 20.8. The molecule has 0 atom stereocenters. The Kier molecular flexibility index (Phi) is 9.52. The number of hydrazone groups is 1. The normalized spacial score (nSPS) is 10.7. The van der Waals surface area contributed by atoms with Crippen molar-refractivity contribution in [2.45, 2.75) is 26.4 Å². The maximum atomic E-state index is 12.1. The van der Waals surface area contributed by atoms with E-state index in [1.165, 1.54) is 13.3 Å². The Bertz CT molecular complexity index is 1230. The van der Waals surface area contributed by atoms with Gasteiger partial charge in [-0.15, -0.1) is 0 Å². The Labute approximate surface area is 214 Å². The minimum absolute atomic E-state index is 0.0123. The lowest BCUT2D eigenvalue weighted by Crippen LogP contribution is -2.20. The van der Waals surface area contributed by atoms with Crippen LogP contribution in [0.1, 0.15) is 29.5 Å². The lowest BCUT2D eigenvalue weighted by molar-refractivity contribution is -0.124. The van der Waals surface area contributed by atoms with Crippen LogP contribution in [0.4, 0.5) is 5.69 Å². The van der Waals surface area contributed by atoms with Gasteiger partial charge in [0, 0.05) is 34.1 Å². The van der Waals surface area contributed by atoms with E-state index in [0.29, 0.717) is 27.1 Å². The van der Waals surface area contributed by atoms with E-state index in [-0.39, 0.29) is 31.3 Å². The predicted octanol–water partition coefficient (Wildman–Crippen LogP) is 5.76. The van der Waals surface area contributed by atoms with Crippen LogP contribution in [-0.4, -0.2) is 25.1 Å². The van der Waals surface area contributed by atoms with Crippen molar-refractivity contribution in [1.29, 1.82) is 0 Å². The number of aryl methyl sites for hydroxylation is 1. The zero-order chi connectivity index (χ0) is 25.2. The summed E-state index contributed by atoms with van der Waals surface area (Å²) in [6.45, 7) is 2.15. The molecule has 0 spiro atoms. The van der Waals surface area contributed by atoms with E-state index in [0.717, 1.165) is 16.8 Å². The number of amides is 2. The second-order valence-corrected chi connectivity index (χ2v) is 8.43. The van der Waals surface area contributed by atoms with Gasteiger partial charge in [0.2, 0.25) is 11.8 Å². The van der Waals surface area contributed by atoms with Gasteiger partial charge in [0.05, 0.1) is 13.3 Å². The van der Waals surface area contributed by atoms with Gasteiger partial charge in [-0.05, 0) is 54.4 Å². The van der Waals surface area contributed by atoms with Crippen molar-refractivity contribution >= 4 is 46.9 Å². The molecule has 3 aromatic rings. The molecule has 182 valence electrons. The summed E-state index contributed by atoms with van der Waals surface area (Å²) in [7, 11) is 1.53. The van der Waals surface area contributed by atoms with Crippen LogP contribution in [0, 0.1) is 6.92 Å². The lowest BCUT2D eigenvalue weighted by atomic mass is 10.2. The van der Waals surface area contributed by atoms with Crippen LogP contribution in [0.5, 0.6) is 11.5 Å². The van der Waals surface area contributed by atoms with E-state index in [1.54, 1.807) is 36.4 Å². The van der Waals surface area contributed by atoms with Gasteiger partial charge in [0.1, 0.15) is 6.61 Å².